The molecule has 0 saturated carbocycles. The fraction of sp³-hybridized carbons (Fsp3) is 0. The lowest BCUT2D eigenvalue weighted by molar-refractivity contribution is 1.18. The summed E-state index contributed by atoms with van der Waals surface area (Å²) in [6.07, 6.45) is 0. The van der Waals surface area contributed by atoms with Gasteiger partial charge in [-0.15, -0.1) is 0 Å². The number of benzene rings is 11. The molecular weight excluding hydrogens is 773 g/mol. The maximum atomic E-state index is 2.43. The van der Waals surface area contributed by atoms with Crippen LogP contribution in [0.1, 0.15) is 0 Å². The van der Waals surface area contributed by atoms with E-state index in [2.05, 4.69) is 264 Å². The molecule has 0 amide bonds. The molecule has 0 spiro atoms. The topological polar surface area (TPSA) is 8.17 Å². The third-order valence-corrected chi connectivity index (χ3v) is 12.8. The summed E-state index contributed by atoms with van der Waals surface area (Å²) in [6, 6.07) is 92.8. The van der Waals surface area contributed by atoms with Gasteiger partial charge < -0.3 is 9.47 Å². The van der Waals surface area contributed by atoms with Gasteiger partial charge in [-0.2, -0.15) is 0 Å². The van der Waals surface area contributed by atoms with Crippen molar-refractivity contribution < 1.29 is 0 Å². The highest BCUT2D eigenvalue weighted by molar-refractivity contribution is 6.10. The van der Waals surface area contributed by atoms with Crippen LogP contribution in [-0.2, 0) is 0 Å². The second-order valence-electron chi connectivity index (χ2n) is 16.5. The van der Waals surface area contributed by atoms with Crippen LogP contribution in [0.2, 0.25) is 0 Å². The molecule has 0 N–H and O–H groups in total. The van der Waals surface area contributed by atoms with Gasteiger partial charge in [0.2, 0.25) is 0 Å². The SMILES string of the molecule is c1ccc(-c2cc(-c3ccccc3-n3c4ccccc4c4ccccc43)ccc2N(c2ccc(-c3cccc(-c4cccc5ccccc45)c3)cc2)c2ccc3ccccc3c2)cc1. The summed E-state index contributed by atoms with van der Waals surface area (Å²) in [5.41, 5.74) is 16.3. The van der Waals surface area contributed by atoms with Crippen molar-refractivity contribution in [1.82, 2.24) is 4.57 Å². The van der Waals surface area contributed by atoms with Crippen LogP contribution in [0.4, 0.5) is 17.1 Å². The first-order chi connectivity index (χ1) is 31.7. The third-order valence-electron chi connectivity index (χ3n) is 12.8. The fourth-order valence-corrected chi connectivity index (χ4v) is 9.73. The van der Waals surface area contributed by atoms with Crippen LogP contribution in [0.5, 0.6) is 0 Å². The molecule has 0 aliphatic rings. The Morgan fingerprint density at radius 2 is 0.812 bits per heavy atom. The number of hydrogen-bond acceptors (Lipinski definition) is 1. The van der Waals surface area contributed by atoms with E-state index in [1.54, 1.807) is 0 Å². The summed E-state index contributed by atoms with van der Waals surface area (Å²) < 4.78 is 2.43. The molecule has 0 atom stereocenters. The van der Waals surface area contributed by atoms with E-state index >= 15 is 0 Å². The van der Waals surface area contributed by atoms with Crippen molar-refractivity contribution in [2.24, 2.45) is 0 Å². The molecule has 0 aliphatic carbocycles. The summed E-state index contributed by atoms with van der Waals surface area (Å²) in [5.74, 6) is 0. The van der Waals surface area contributed by atoms with Crippen LogP contribution in [0, 0.1) is 0 Å². The molecule has 0 aliphatic heterocycles. The molecule has 1 aromatic heterocycles. The van der Waals surface area contributed by atoms with Crippen molar-refractivity contribution >= 4 is 60.4 Å². The van der Waals surface area contributed by atoms with Crippen molar-refractivity contribution in [2.75, 3.05) is 4.90 Å². The van der Waals surface area contributed by atoms with E-state index in [-0.39, 0.29) is 0 Å². The first-order valence-electron chi connectivity index (χ1n) is 22.0. The second kappa shape index (κ2) is 15.8. The van der Waals surface area contributed by atoms with E-state index < -0.39 is 0 Å². The van der Waals surface area contributed by atoms with Gasteiger partial charge in [0.15, 0.2) is 0 Å². The molecule has 12 aromatic rings. The van der Waals surface area contributed by atoms with E-state index in [4.69, 9.17) is 0 Å². The molecule has 1 heterocycles. The monoisotopic (exact) mass is 814 g/mol. The lowest BCUT2D eigenvalue weighted by Gasteiger charge is -2.29. The first kappa shape index (κ1) is 37.3. The average Bonchev–Trinajstić information content (AvgIpc) is 3.71. The number of anilines is 3. The molecule has 64 heavy (non-hydrogen) atoms. The minimum Gasteiger partial charge on any atom is -0.310 e. The van der Waals surface area contributed by atoms with Crippen LogP contribution >= 0.6 is 0 Å². The molecule has 0 bridgehead atoms. The quantitative estimate of drug-likeness (QED) is 0.148. The van der Waals surface area contributed by atoms with Gasteiger partial charge in [0.05, 0.1) is 22.4 Å². The number of hydrogen-bond donors (Lipinski definition) is 0. The third kappa shape index (κ3) is 6.52. The summed E-state index contributed by atoms with van der Waals surface area (Å²) in [7, 11) is 0. The first-order valence-corrected chi connectivity index (χ1v) is 22.0. The summed E-state index contributed by atoms with van der Waals surface area (Å²) in [6.45, 7) is 0. The molecule has 0 unspecified atom stereocenters. The molecular formula is C62H42N2. The van der Waals surface area contributed by atoms with E-state index in [1.807, 2.05) is 0 Å². The fourth-order valence-electron chi connectivity index (χ4n) is 9.73. The van der Waals surface area contributed by atoms with Crippen LogP contribution in [-0.4, -0.2) is 4.57 Å². The highest BCUT2D eigenvalue weighted by Crippen LogP contribution is 2.45. The molecule has 0 saturated heterocycles. The Balaban J connectivity index is 1.01. The van der Waals surface area contributed by atoms with Gasteiger partial charge in [0.25, 0.3) is 0 Å². The predicted molar refractivity (Wildman–Crippen MR) is 272 cm³/mol. The number of rotatable bonds is 8. The molecule has 300 valence electrons. The van der Waals surface area contributed by atoms with E-state index in [0.29, 0.717) is 0 Å². The Morgan fingerprint density at radius 1 is 0.266 bits per heavy atom. The lowest BCUT2D eigenvalue weighted by atomic mass is 9.94. The van der Waals surface area contributed by atoms with Gasteiger partial charge in [-0.1, -0.05) is 194 Å². The van der Waals surface area contributed by atoms with Gasteiger partial charge in [-0.05, 0) is 116 Å². The van der Waals surface area contributed by atoms with Gasteiger partial charge in [0, 0.05) is 33.3 Å². The largest absolute Gasteiger partial charge is 0.310 e. The molecule has 0 radical (unpaired) electrons. The smallest absolute Gasteiger partial charge is 0.0541 e. The Bertz CT molecular complexity index is 3610. The normalized spacial score (nSPS) is 11.4. The zero-order valence-corrected chi connectivity index (χ0v) is 35.1. The highest BCUT2D eigenvalue weighted by atomic mass is 15.1. The van der Waals surface area contributed by atoms with E-state index in [9.17, 15) is 0 Å². The molecule has 11 aromatic carbocycles. The van der Waals surface area contributed by atoms with Crippen molar-refractivity contribution in [3.8, 4) is 50.2 Å². The number of nitrogens with zero attached hydrogens (tertiary/aromatic N) is 2. The van der Waals surface area contributed by atoms with E-state index in [1.165, 1.54) is 71.2 Å². The van der Waals surface area contributed by atoms with Crippen LogP contribution in [0.3, 0.4) is 0 Å². The standard InChI is InChI=1S/C62H42N2/c1-2-17-46(18-3-1)58-42-50(55-25-8-11-29-59(55)64-60-30-12-9-26-56(60)57-27-10-13-31-61(57)64)35-39-62(58)63(52-38-34-43-16-4-5-20-48(43)41-52)51-36-32-44(33-37-51)47-22-14-23-49(40-47)54-28-15-21-45-19-6-7-24-53(45)54/h1-42H. The molecule has 12 rings (SSSR count). The second-order valence-corrected chi connectivity index (χ2v) is 16.5. The number of fused-ring (bicyclic) bond motifs is 5. The van der Waals surface area contributed by atoms with Gasteiger partial charge in [-0.25, -0.2) is 0 Å². The van der Waals surface area contributed by atoms with Crippen molar-refractivity contribution in [1.29, 1.82) is 0 Å². The molecule has 0 fully saturated rings. The summed E-state index contributed by atoms with van der Waals surface area (Å²) >= 11 is 0. The summed E-state index contributed by atoms with van der Waals surface area (Å²) in [5, 5.41) is 7.43. The average molecular weight is 815 g/mol. The lowest BCUT2D eigenvalue weighted by Crippen LogP contribution is -2.11. The highest BCUT2D eigenvalue weighted by Gasteiger charge is 2.21. The minimum atomic E-state index is 1.08. The Hall–Kier alpha value is -8.46. The number of para-hydroxylation sites is 3. The molecule has 2 heteroatoms. The van der Waals surface area contributed by atoms with Crippen LogP contribution < -0.4 is 4.90 Å². The molecule has 2 nitrogen and oxygen atoms in total. The maximum Gasteiger partial charge on any atom is 0.0541 e. The number of aromatic nitrogens is 1. The van der Waals surface area contributed by atoms with Crippen molar-refractivity contribution in [3.63, 3.8) is 0 Å². The van der Waals surface area contributed by atoms with Crippen molar-refractivity contribution in [3.05, 3.63) is 255 Å². The predicted octanol–water partition coefficient (Wildman–Crippen LogP) is 17.2. The van der Waals surface area contributed by atoms with E-state index in [0.717, 1.165) is 39.4 Å². The van der Waals surface area contributed by atoms with Gasteiger partial charge in [-0.3, -0.25) is 0 Å². The zero-order valence-electron chi connectivity index (χ0n) is 35.1. The minimum absolute atomic E-state index is 1.08. The maximum absolute atomic E-state index is 2.43. The van der Waals surface area contributed by atoms with Crippen LogP contribution in [0.25, 0.3) is 93.5 Å². The zero-order chi connectivity index (χ0) is 42.4. The Kier molecular flexibility index (Phi) is 9.20. The van der Waals surface area contributed by atoms with Gasteiger partial charge >= 0.3 is 0 Å². The van der Waals surface area contributed by atoms with Crippen LogP contribution in [0.15, 0.2) is 255 Å². The summed E-state index contributed by atoms with van der Waals surface area (Å²) in [4.78, 5) is 2.42. The Labute approximate surface area is 373 Å². The Morgan fingerprint density at radius 3 is 1.61 bits per heavy atom. The van der Waals surface area contributed by atoms with Gasteiger partial charge in [0.1, 0.15) is 0 Å². The van der Waals surface area contributed by atoms with Crippen molar-refractivity contribution in [2.45, 2.75) is 0 Å².